The van der Waals surface area contributed by atoms with Gasteiger partial charge in [-0.15, -0.1) is 0 Å². The number of ether oxygens (including phenoxy) is 1. The van der Waals surface area contributed by atoms with Crippen LogP contribution in [0.5, 0.6) is 0 Å². The molecule has 0 radical (unpaired) electrons. The summed E-state index contributed by atoms with van der Waals surface area (Å²) in [6, 6.07) is 12.5. The number of aromatic nitrogens is 2. The lowest BCUT2D eigenvalue weighted by atomic mass is 10.2. The molecule has 0 aliphatic rings. The average molecular weight is 469 g/mol. The van der Waals surface area contributed by atoms with E-state index in [1.54, 1.807) is 50.2 Å². The Hall–Kier alpha value is -3.79. The number of fused-ring (bicyclic) bond motifs is 1. The molecule has 2 heterocycles. The molecule has 4 rings (SSSR count). The first-order valence-corrected chi connectivity index (χ1v) is 11.0. The highest BCUT2D eigenvalue weighted by molar-refractivity contribution is 7.17. The zero-order valence-electron chi connectivity index (χ0n) is 17.9. The van der Waals surface area contributed by atoms with Crippen LogP contribution in [0.25, 0.3) is 11.1 Å². The summed E-state index contributed by atoms with van der Waals surface area (Å²) in [6.07, 6.45) is 0. The van der Waals surface area contributed by atoms with Gasteiger partial charge in [0.1, 0.15) is 17.2 Å². The SMILES string of the molecule is CCOC(=O)c1sc(N(Cc2ccc(F)cc2)C(=O)Cn2c(=O)oc3ccccc32)nc1C. The predicted molar refractivity (Wildman–Crippen MR) is 121 cm³/mol. The number of nitrogens with zero attached hydrogens (tertiary/aromatic N) is 3. The minimum Gasteiger partial charge on any atom is -0.462 e. The number of oxazole rings is 1. The third kappa shape index (κ3) is 4.70. The van der Waals surface area contributed by atoms with Gasteiger partial charge in [-0.05, 0) is 43.7 Å². The third-order valence-electron chi connectivity index (χ3n) is 4.90. The van der Waals surface area contributed by atoms with Gasteiger partial charge in [0.25, 0.3) is 0 Å². The molecule has 0 aliphatic heterocycles. The average Bonchev–Trinajstić information content (AvgIpc) is 3.33. The van der Waals surface area contributed by atoms with Crippen molar-refractivity contribution in [1.29, 1.82) is 0 Å². The Morgan fingerprint density at radius 2 is 1.91 bits per heavy atom. The maximum atomic E-state index is 13.4. The normalized spacial score (nSPS) is 11.0. The fourth-order valence-electron chi connectivity index (χ4n) is 3.30. The van der Waals surface area contributed by atoms with Crippen molar-refractivity contribution < 1.29 is 23.1 Å². The van der Waals surface area contributed by atoms with E-state index in [9.17, 15) is 18.8 Å². The number of carbonyl (C=O) groups is 2. The van der Waals surface area contributed by atoms with Crippen LogP contribution in [-0.2, 0) is 22.6 Å². The van der Waals surface area contributed by atoms with Gasteiger partial charge in [-0.25, -0.2) is 19.0 Å². The van der Waals surface area contributed by atoms with E-state index < -0.39 is 23.4 Å². The lowest BCUT2D eigenvalue weighted by molar-refractivity contribution is -0.119. The van der Waals surface area contributed by atoms with E-state index in [1.807, 2.05) is 0 Å². The van der Waals surface area contributed by atoms with Gasteiger partial charge in [0.15, 0.2) is 10.7 Å². The second-order valence-electron chi connectivity index (χ2n) is 7.16. The molecule has 0 aliphatic carbocycles. The molecule has 0 bridgehead atoms. The van der Waals surface area contributed by atoms with E-state index in [1.165, 1.54) is 21.6 Å². The molecule has 1 amide bonds. The fourth-order valence-corrected chi connectivity index (χ4v) is 4.28. The lowest BCUT2D eigenvalue weighted by Crippen LogP contribution is -2.35. The summed E-state index contributed by atoms with van der Waals surface area (Å²) in [5, 5.41) is 0.269. The van der Waals surface area contributed by atoms with Crippen molar-refractivity contribution in [2.24, 2.45) is 0 Å². The molecule has 170 valence electrons. The van der Waals surface area contributed by atoms with E-state index in [0.29, 0.717) is 22.4 Å². The molecule has 0 atom stereocenters. The minimum absolute atomic E-state index is 0.0683. The molecule has 2 aromatic carbocycles. The van der Waals surface area contributed by atoms with Crippen molar-refractivity contribution in [1.82, 2.24) is 9.55 Å². The van der Waals surface area contributed by atoms with Crippen molar-refractivity contribution in [3.63, 3.8) is 0 Å². The van der Waals surface area contributed by atoms with Crippen LogP contribution in [0.2, 0.25) is 0 Å². The molecule has 0 N–H and O–H groups in total. The number of rotatable bonds is 7. The van der Waals surface area contributed by atoms with E-state index in [0.717, 1.165) is 11.3 Å². The number of benzene rings is 2. The number of anilines is 1. The van der Waals surface area contributed by atoms with E-state index in [-0.39, 0.29) is 29.7 Å². The smallest absolute Gasteiger partial charge is 0.420 e. The Bertz CT molecular complexity index is 1370. The zero-order valence-corrected chi connectivity index (χ0v) is 18.7. The molecular weight excluding hydrogens is 449 g/mol. The molecule has 0 unspecified atom stereocenters. The highest BCUT2D eigenvalue weighted by Gasteiger charge is 2.25. The lowest BCUT2D eigenvalue weighted by Gasteiger charge is -2.20. The second kappa shape index (κ2) is 9.37. The first-order valence-electron chi connectivity index (χ1n) is 10.1. The number of thiazole rings is 1. The van der Waals surface area contributed by atoms with Gasteiger partial charge in [-0.3, -0.25) is 14.3 Å². The van der Waals surface area contributed by atoms with Gasteiger partial charge in [-0.1, -0.05) is 35.6 Å². The van der Waals surface area contributed by atoms with Crippen molar-refractivity contribution in [2.45, 2.75) is 26.9 Å². The van der Waals surface area contributed by atoms with Crippen LogP contribution in [0.4, 0.5) is 9.52 Å². The molecule has 0 saturated carbocycles. The Balaban J connectivity index is 1.70. The summed E-state index contributed by atoms with van der Waals surface area (Å²) in [7, 11) is 0. The van der Waals surface area contributed by atoms with E-state index in [2.05, 4.69) is 4.98 Å². The number of aryl methyl sites for hydroxylation is 1. The number of hydrogen-bond donors (Lipinski definition) is 0. The Labute approximate surface area is 191 Å². The number of halogens is 1. The summed E-state index contributed by atoms with van der Waals surface area (Å²) in [4.78, 5) is 44.1. The van der Waals surface area contributed by atoms with Gasteiger partial charge in [0, 0.05) is 0 Å². The quantitative estimate of drug-likeness (QED) is 0.381. The summed E-state index contributed by atoms with van der Waals surface area (Å²) < 4.78 is 24.9. The summed E-state index contributed by atoms with van der Waals surface area (Å²) in [5.41, 5.74) is 1.94. The number of esters is 1. The van der Waals surface area contributed by atoms with Crippen molar-refractivity contribution in [3.05, 3.63) is 81.0 Å². The van der Waals surface area contributed by atoms with Crippen LogP contribution in [0.3, 0.4) is 0 Å². The maximum absolute atomic E-state index is 13.4. The van der Waals surface area contributed by atoms with E-state index >= 15 is 0 Å². The standard InChI is InChI=1S/C23H20FN3O5S/c1-3-31-21(29)20-14(2)25-22(33-20)27(12-15-8-10-16(24)11-9-15)19(28)13-26-17-6-4-5-7-18(17)32-23(26)30/h4-11H,3,12-13H2,1-2H3. The number of para-hydroxylation sites is 2. The van der Waals surface area contributed by atoms with Crippen LogP contribution in [0, 0.1) is 12.7 Å². The molecular formula is C23H20FN3O5S. The summed E-state index contributed by atoms with van der Waals surface area (Å²) in [5.74, 6) is -2.03. The van der Waals surface area contributed by atoms with Crippen LogP contribution in [0.15, 0.2) is 57.7 Å². The highest BCUT2D eigenvalue weighted by Crippen LogP contribution is 2.29. The van der Waals surface area contributed by atoms with Crippen LogP contribution >= 0.6 is 11.3 Å². The molecule has 0 spiro atoms. The Kier molecular flexibility index (Phi) is 6.36. The number of hydrogen-bond acceptors (Lipinski definition) is 7. The molecule has 2 aromatic heterocycles. The molecule has 4 aromatic rings. The van der Waals surface area contributed by atoms with Gasteiger partial charge < -0.3 is 9.15 Å². The molecule has 8 nitrogen and oxygen atoms in total. The first-order chi connectivity index (χ1) is 15.9. The molecule has 33 heavy (non-hydrogen) atoms. The predicted octanol–water partition coefficient (Wildman–Crippen LogP) is 3.91. The Morgan fingerprint density at radius 3 is 2.64 bits per heavy atom. The Morgan fingerprint density at radius 1 is 1.18 bits per heavy atom. The second-order valence-corrected chi connectivity index (χ2v) is 8.14. The van der Waals surface area contributed by atoms with Crippen LogP contribution < -0.4 is 10.7 Å². The maximum Gasteiger partial charge on any atom is 0.420 e. The van der Waals surface area contributed by atoms with Gasteiger partial charge >= 0.3 is 11.7 Å². The van der Waals surface area contributed by atoms with Gasteiger partial charge in [0.05, 0.1) is 24.4 Å². The number of carbonyl (C=O) groups excluding carboxylic acids is 2. The molecule has 10 heteroatoms. The van der Waals surface area contributed by atoms with Gasteiger partial charge in [0.2, 0.25) is 5.91 Å². The van der Waals surface area contributed by atoms with E-state index in [4.69, 9.17) is 9.15 Å². The molecule has 0 saturated heterocycles. The third-order valence-corrected chi connectivity index (χ3v) is 6.06. The van der Waals surface area contributed by atoms with Crippen LogP contribution in [-0.4, -0.2) is 28.0 Å². The minimum atomic E-state index is -0.659. The van der Waals surface area contributed by atoms with Crippen molar-refractivity contribution >= 4 is 39.4 Å². The molecule has 0 fully saturated rings. The fraction of sp³-hybridized carbons (Fsp3) is 0.217. The van der Waals surface area contributed by atoms with Gasteiger partial charge in [-0.2, -0.15) is 0 Å². The largest absolute Gasteiger partial charge is 0.462 e. The highest BCUT2D eigenvalue weighted by atomic mass is 32.1. The van der Waals surface area contributed by atoms with Crippen molar-refractivity contribution in [3.8, 4) is 0 Å². The van der Waals surface area contributed by atoms with Crippen molar-refractivity contribution in [2.75, 3.05) is 11.5 Å². The number of amides is 1. The summed E-state index contributed by atoms with van der Waals surface area (Å²) >= 11 is 1.02. The monoisotopic (exact) mass is 469 g/mol. The first kappa shape index (κ1) is 22.4. The topological polar surface area (TPSA) is 94.6 Å². The zero-order chi connectivity index (χ0) is 23.5. The summed E-state index contributed by atoms with van der Waals surface area (Å²) in [6.45, 7) is 3.33. The van der Waals surface area contributed by atoms with Crippen LogP contribution in [0.1, 0.15) is 27.9 Å².